The number of carboxylic acids is 1. The average molecular weight is 399 g/mol. The number of ether oxygens (including phenoxy) is 1. The molecular formula is C22H30N4O3. The number of nitrogens with two attached hydrogens (primary N) is 2. The number of aliphatic carboxylic acids is 1. The predicted molar refractivity (Wildman–Crippen MR) is 116 cm³/mol. The van der Waals surface area contributed by atoms with Gasteiger partial charge < -0.3 is 26.6 Å². The Morgan fingerprint density at radius 1 is 1.17 bits per heavy atom. The van der Waals surface area contributed by atoms with Crippen LogP contribution in [0.25, 0.3) is 0 Å². The minimum atomic E-state index is -1.02. The summed E-state index contributed by atoms with van der Waals surface area (Å²) in [5.74, 6) is -0.466. The standard InChI is InChI=1S/C22H30N4O3/c1-4-22(25,5-2)16-11-15(12-18(13-16)29-6-3)19(21(27)28)26-17-9-7-14(8-10-17)20(23)24/h7-13,19,26H,4-6,25H2,1-3H3,(H3,23,24)(H,27,28). The van der Waals surface area contributed by atoms with Crippen LogP contribution in [0.15, 0.2) is 42.5 Å². The zero-order chi connectivity index (χ0) is 21.6. The number of hydrogen-bond donors (Lipinski definition) is 5. The summed E-state index contributed by atoms with van der Waals surface area (Å²) in [6, 6.07) is 11.2. The van der Waals surface area contributed by atoms with Crippen LogP contribution in [-0.2, 0) is 10.3 Å². The quantitative estimate of drug-likeness (QED) is 0.307. The van der Waals surface area contributed by atoms with E-state index < -0.39 is 17.6 Å². The van der Waals surface area contributed by atoms with Crippen LogP contribution in [0.1, 0.15) is 56.3 Å². The van der Waals surface area contributed by atoms with Crippen molar-refractivity contribution >= 4 is 17.5 Å². The SMILES string of the molecule is CCOc1cc(C(Nc2ccc(C(=N)N)cc2)C(=O)O)cc(C(N)(CC)CC)c1. The van der Waals surface area contributed by atoms with Gasteiger partial charge in [-0.2, -0.15) is 0 Å². The van der Waals surface area contributed by atoms with E-state index in [-0.39, 0.29) is 5.84 Å². The first-order valence-electron chi connectivity index (χ1n) is 9.75. The molecule has 2 rings (SSSR count). The fourth-order valence-electron chi connectivity index (χ4n) is 3.18. The van der Waals surface area contributed by atoms with Gasteiger partial charge in [-0.25, -0.2) is 4.79 Å². The lowest BCUT2D eigenvalue weighted by molar-refractivity contribution is -0.138. The summed E-state index contributed by atoms with van der Waals surface area (Å²) in [7, 11) is 0. The van der Waals surface area contributed by atoms with Crippen molar-refractivity contribution in [3.8, 4) is 5.75 Å². The van der Waals surface area contributed by atoms with E-state index in [0.29, 0.717) is 29.2 Å². The second-order valence-corrected chi connectivity index (χ2v) is 6.99. The molecule has 1 atom stereocenters. The van der Waals surface area contributed by atoms with Crippen LogP contribution in [0.5, 0.6) is 5.75 Å². The minimum Gasteiger partial charge on any atom is -0.494 e. The largest absolute Gasteiger partial charge is 0.494 e. The Kier molecular flexibility index (Phi) is 7.23. The second kappa shape index (κ2) is 9.43. The van der Waals surface area contributed by atoms with Gasteiger partial charge in [0.15, 0.2) is 6.04 Å². The highest BCUT2D eigenvalue weighted by Gasteiger charge is 2.27. The molecule has 0 aliphatic carbocycles. The van der Waals surface area contributed by atoms with Crippen LogP contribution in [0, 0.1) is 5.41 Å². The third kappa shape index (κ3) is 5.26. The minimum absolute atomic E-state index is 0.0428. The second-order valence-electron chi connectivity index (χ2n) is 6.99. The van der Waals surface area contributed by atoms with E-state index in [1.54, 1.807) is 30.3 Å². The van der Waals surface area contributed by atoms with Gasteiger partial charge >= 0.3 is 5.97 Å². The van der Waals surface area contributed by atoms with E-state index in [0.717, 1.165) is 18.4 Å². The molecule has 0 fully saturated rings. The fraction of sp³-hybridized carbons (Fsp3) is 0.364. The third-order valence-corrected chi connectivity index (χ3v) is 5.16. The molecule has 1 unspecified atom stereocenters. The molecule has 0 saturated carbocycles. The van der Waals surface area contributed by atoms with Crippen LogP contribution in [0.3, 0.4) is 0 Å². The molecule has 7 N–H and O–H groups in total. The van der Waals surface area contributed by atoms with E-state index in [1.165, 1.54) is 0 Å². The van der Waals surface area contributed by atoms with E-state index in [1.807, 2.05) is 32.9 Å². The third-order valence-electron chi connectivity index (χ3n) is 5.16. The zero-order valence-electron chi connectivity index (χ0n) is 17.2. The highest BCUT2D eigenvalue weighted by molar-refractivity contribution is 5.95. The number of rotatable bonds is 10. The van der Waals surface area contributed by atoms with E-state index in [4.69, 9.17) is 21.6 Å². The molecule has 7 nitrogen and oxygen atoms in total. The summed E-state index contributed by atoms with van der Waals surface area (Å²) in [5, 5.41) is 20.4. The summed E-state index contributed by atoms with van der Waals surface area (Å²) in [5.41, 5.74) is 14.1. The average Bonchev–Trinajstić information content (AvgIpc) is 2.71. The zero-order valence-corrected chi connectivity index (χ0v) is 17.2. The molecule has 2 aromatic carbocycles. The molecule has 29 heavy (non-hydrogen) atoms. The molecule has 156 valence electrons. The van der Waals surface area contributed by atoms with Crippen LogP contribution >= 0.6 is 0 Å². The van der Waals surface area contributed by atoms with Crippen molar-refractivity contribution in [1.29, 1.82) is 5.41 Å². The van der Waals surface area contributed by atoms with Gasteiger partial charge in [0.1, 0.15) is 11.6 Å². The maximum absolute atomic E-state index is 12.1. The summed E-state index contributed by atoms with van der Waals surface area (Å²) >= 11 is 0. The maximum atomic E-state index is 12.1. The van der Waals surface area contributed by atoms with Crippen molar-refractivity contribution in [2.45, 2.75) is 45.2 Å². The molecule has 0 bridgehead atoms. The molecule has 7 heteroatoms. The lowest BCUT2D eigenvalue weighted by Gasteiger charge is -2.29. The van der Waals surface area contributed by atoms with Gasteiger partial charge in [0, 0.05) is 16.8 Å². The van der Waals surface area contributed by atoms with Crippen LogP contribution in [0.4, 0.5) is 5.69 Å². The summed E-state index contributed by atoms with van der Waals surface area (Å²) in [4.78, 5) is 12.1. The molecule has 0 spiro atoms. The lowest BCUT2D eigenvalue weighted by atomic mass is 9.84. The molecule has 0 saturated heterocycles. The van der Waals surface area contributed by atoms with Gasteiger partial charge in [0.2, 0.25) is 0 Å². The molecule has 0 heterocycles. The van der Waals surface area contributed by atoms with Crippen molar-refractivity contribution in [3.05, 3.63) is 59.2 Å². The van der Waals surface area contributed by atoms with Crippen LogP contribution < -0.4 is 21.5 Å². The van der Waals surface area contributed by atoms with E-state index >= 15 is 0 Å². The highest BCUT2D eigenvalue weighted by atomic mass is 16.5. The number of hydrogen-bond acceptors (Lipinski definition) is 5. The smallest absolute Gasteiger partial charge is 0.330 e. The van der Waals surface area contributed by atoms with Crippen molar-refractivity contribution in [1.82, 2.24) is 0 Å². The highest BCUT2D eigenvalue weighted by Crippen LogP contribution is 2.33. The van der Waals surface area contributed by atoms with Crippen molar-refractivity contribution in [2.24, 2.45) is 11.5 Å². The van der Waals surface area contributed by atoms with Gasteiger partial charge in [0.25, 0.3) is 0 Å². The molecule has 0 aromatic heterocycles. The molecule has 2 aromatic rings. The first kappa shape index (κ1) is 22.2. The molecule has 0 radical (unpaired) electrons. The Bertz CT molecular complexity index is 861. The van der Waals surface area contributed by atoms with Crippen LogP contribution in [-0.4, -0.2) is 23.5 Å². The number of nitrogen functional groups attached to an aromatic ring is 1. The van der Waals surface area contributed by atoms with Gasteiger partial charge in [-0.15, -0.1) is 0 Å². The Hall–Kier alpha value is -3.06. The predicted octanol–water partition coefficient (Wildman–Crippen LogP) is 3.58. The Balaban J connectivity index is 2.46. The molecular weight excluding hydrogens is 368 g/mol. The van der Waals surface area contributed by atoms with Gasteiger partial charge in [-0.1, -0.05) is 19.9 Å². The van der Waals surface area contributed by atoms with Crippen molar-refractivity contribution in [2.75, 3.05) is 11.9 Å². The van der Waals surface area contributed by atoms with Gasteiger partial charge in [-0.05, 0) is 67.3 Å². The molecule has 0 amide bonds. The van der Waals surface area contributed by atoms with Gasteiger partial charge in [0.05, 0.1) is 6.61 Å². The van der Waals surface area contributed by atoms with Crippen LogP contribution in [0.2, 0.25) is 0 Å². The first-order chi connectivity index (χ1) is 13.7. The monoisotopic (exact) mass is 398 g/mol. The van der Waals surface area contributed by atoms with Crippen molar-refractivity contribution in [3.63, 3.8) is 0 Å². The number of anilines is 1. The molecule has 0 aliphatic rings. The first-order valence-corrected chi connectivity index (χ1v) is 9.75. The topological polar surface area (TPSA) is 134 Å². The van der Waals surface area contributed by atoms with E-state index in [2.05, 4.69) is 5.32 Å². The van der Waals surface area contributed by atoms with Gasteiger partial charge in [-0.3, -0.25) is 5.41 Å². The Labute approximate surface area is 171 Å². The fourth-order valence-corrected chi connectivity index (χ4v) is 3.18. The van der Waals surface area contributed by atoms with E-state index in [9.17, 15) is 9.90 Å². The summed E-state index contributed by atoms with van der Waals surface area (Å²) < 4.78 is 5.68. The number of benzene rings is 2. The van der Waals surface area contributed by atoms with Crippen molar-refractivity contribution < 1.29 is 14.6 Å². The normalized spacial score (nSPS) is 12.3. The Morgan fingerprint density at radius 3 is 2.28 bits per heavy atom. The maximum Gasteiger partial charge on any atom is 0.330 e. The number of amidine groups is 1. The summed E-state index contributed by atoms with van der Waals surface area (Å²) in [6.45, 7) is 6.38. The number of carboxylic acid groups (broad SMARTS) is 1. The number of carbonyl (C=O) groups is 1. The lowest BCUT2D eigenvalue weighted by Crippen LogP contribution is -2.35. The number of nitrogens with one attached hydrogen (secondary N) is 2. The summed E-state index contributed by atoms with van der Waals surface area (Å²) in [6.07, 6.45) is 1.44. The Morgan fingerprint density at radius 2 is 1.79 bits per heavy atom. The molecule has 0 aliphatic heterocycles.